The highest BCUT2D eigenvalue weighted by molar-refractivity contribution is 8.14. The summed E-state index contributed by atoms with van der Waals surface area (Å²) < 4.78 is 0. The van der Waals surface area contributed by atoms with E-state index < -0.39 is 6.10 Å². The van der Waals surface area contributed by atoms with Gasteiger partial charge in [0, 0.05) is 13.1 Å². The summed E-state index contributed by atoms with van der Waals surface area (Å²) in [5.41, 5.74) is 0. The second kappa shape index (κ2) is 6.69. The largest absolute Gasteiger partial charge is 0.394 e. The molecule has 7 heteroatoms. The molecule has 2 fully saturated rings. The fourth-order valence-corrected chi connectivity index (χ4v) is 3.30. The lowest BCUT2D eigenvalue weighted by Gasteiger charge is -2.34. The van der Waals surface area contributed by atoms with Gasteiger partial charge in [-0.1, -0.05) is 11.8 Å². The first-order chi connectivity index (χ1) is 9.11. The van der Waals surface area contributed by atoms with Gasteiger partial charge in [0.2, 0.25) is 5.91 Å². The molecule has 0 saturated carbocycles. The van der Waals surface area contributed by atoms with Crippen molar-refractivity contribution in [2.75, 3.05) is 38.5 Å². The molecule has 2 heterocycles. The average molecular weight is 288 g/mol. The molecule has 0 aromatic rings. The van der Waals surface area contributed by atoms with Crippen molar-refractivity contribution >= 4 is 22.9 Å². The molecule has 2 rings (SSSR count). The molecule has 1 unspecified atom stereocenters. The number of hydrogen-bond donors (Lipinski definition) is 2. The molecule has 0 aromatic carbocycles. The van der Waals surface area contributed by atoms with Crippen LogP contribution in [0.15, 0.2) is 0 Å². The predicted molar refractivity (Wildman–Crippen MR) is 71.8 cm³/mol. The first-order valence-corrected chi connectivity index (χ1v) is 7.58. The number of amides is 2. The van der Waals surface area contributed by atoms with E-state index in [-0.39, 0.29) is 29.4 Å². The number of imide groups is 1. The van der Waals surface area contributed by atoms with Crippen LogP contribution in [0.25, 0.3) is 0 Å². The summed E-state index contributed by atoms with van der Waals surface area (Å²) in [7, 11) is 0. The Morgan fingerprint density at radius 1 is 1.26 bits per heavy atom. The Hall–Kier alpha value is -0.630. The van der Waals surface area contributed by atoms with Crippen molar-refractivity contribution in [3.63, 3.8) is 0 Å². The van der Waals surface area contributed by atoms with Crippen LogP contribution in [0.2, 0.25) is 0 Å². The highest BCUT2D eigenvalue weighted by Crippen LogP contribution is 2.22. The van der Waals surface area contributed by atoms with Gasteiger partial charge < -0.3 is 15.1 Å². The van der Waals surface area contributed by atoms with E-state index in [1.54, 1.807) is 0 Å². The molecule has 2 saturated heterocycles. The Morgan fingerprint density at radius 2 is 1.95 bits per heavy atom. The van der Waals surface area contributed by atoms with E-state index in [4.69, 9.17) is 5.11 Å². The van der Waals surface area contributed by atoms with E-state index >= 15 is 0 Å². The molecule has 0 aliphatic carbocycles. The van der Waals surface area contributed by atoms with Crippen molar-refractivity contribution in [2.45, 2.75) is 18.9 Å². The topological polar surface area (TPSA) is 81.1 Å². The number of thioether (sulfide) groups is 1. The van der Waals surface area contributed by atoms with Crippen molar-refractivity contribution in [2.24, 2.45) is 5.92 Å². The molecule has 2 aliphatic heterocycles. The second-order valence-electron chi connectivity index (χ2n) is 5.03. The highest BCUT2D eigenvalue weighted by atomic mass is 32.2. The molecule has 0 bridgehead atoms. The number of likely N-dealkylation sites (tertiary alicyclic amines) is 1. The van der Waals surface area contributed by atoms with Crippen LogP contribution in [-0.2, 0) is 4.79 Å². The number of nitrogens with zero attached hydrogens (tertiary/aromatic N) is 2. The van der Waals surface area contributed by atoms with Crippen molar-refractivity contribution in [3.8, 4) is 0 Å². The molecule has 2 aliphatic rings. The molecule has 1 atom stereocenters. The molecule has 0 radical (unpaired) electrons. The van der Waals surface area contributed by atoms with Crippen LogP contribution >= 0.6 is 11.8 Å². The number of piperidine rings is 1. The smallest absolute Gasteiger partial charge is 0.288 e. The third kappa shape index (κ3) is 3.68. The van der Waals surface area contributed by atoms with Crippen molar-refractivity contribution in [1.82, 2.24) is 9.80 Å². The normalized spacial score (nSPS) is 24.2. The third-order valence-corrected chi connectivity index (χ3v) is 4.70. The summed E-state index contributed by atoms with van der Waals surface area (Å²) in [6, 6.07) is 0. The van der Waals surface area contributed by atoms with Gasteiger partial charge in [-0.15, -0.1) is 0 Å². The monoisotopic (exact) mass is 288 g/mol. The van der Waals surface area contributed by atoms with E-state index in [0.29, 0.717) is 13.1 Å². The zero-order chi connectivity index (χ0) is 13.8. The van der Waals surface area contributed by atoms with Crippen LogP contribution in [0.1, 0.15) is 12.8 Å². The lowest BCUT2D eigenvalue weighted by molar-refractivity contribution is -0.124. The standard InChI is InChI=1S/C12H20N2O4S/c15-7-10(16)9-1-3-13(4-2-9)5-6-14-11(17)8-19-12(14)18/h9-10,15-16H,1-8H2. The number of hydrogen-bond acceptors (Lipinski definition) is 6. The predicted octanol–water partition coefficient (Wildman–Crippen LogP) is -0.253. The van der Waals surface area contributed by atoms with Gasteiger partial charge >= 0.3 is 0 Å². The Balaban J connectivity index is 1.71. The van der Waals surface area contributed by atoms with Crippen molar-refractivity contribution in [3.05, 3.63) is 0 Å². The van der Waals surface area contributed by atoms with E-state index in [1.165, 1.54) is 4.90 Å². The average Bonchev–Trinajstić information content (AvgIpc) is 2.75. The van der Waals surface area contributed by atoms with Gasteiger partial charge in [0.1, 0.15) is 0 Å². The second-order valence-corrected chi connectivity index (χ2v) is 5.96. The summed E-state index contributed by atoms with van der Waals surface area (Å²) in [5, 5.41) is 18.3. The summed E-state index contributed by atoms with van der Waals surface area (Å²) in [5.74, 6) is 0.330. The SMILES string of the molecule is O=C1CSC(=O)N1CCN1CCC(C(O)CO)CC1. The molecule has 2 amide bonds. The first kappa shape index (κ1) is 14.8. The zero-order valence-electron chi connectivity index (χ0n) is 10.8. The lowest BCUT2D eigenvalue weighted by atomic mass is 9.91. The van der Waals surface area contributed by atoms with Crippen LogP contribution in [0.5, 0.6) is 0 Å². The first-order valence-electron chi connectivity index (χ1n) is 6.60. The van der Waals surface area contributed by atoms with E-state index in [1.807, 2.05) is 0 Å². The maximum absolute atomic E-state index is 11.4. The molecule has 2 N–H and O–H groups in total. The Bertz CT molecular complexity index is 329. The van der Waals surface area contributed by atoms with Gasteiger partial charge in [0.05, 0.1) is 18.5 Å². The summed E-state index contributed by atoms with van der Waals surface area (Å²) >= 11 is 1.07. The number of rotatable bonds is 5. The molecule has 19 heavy (non-hydrogen) atoms. The van der Waals surface area contributed by atoms with Gasteiger partial charge in [0.25, 0.3) is 5.24 Å². The van der Waals surface area contributed by atoms with Crippen molar-refractivity contribution in [1.29, 1.82) is 0 Å². The minimum absolute atomic E-state index is 0.0967. The number of carbonyl (C=O) groups is 2. The summed E-state index contributed by atoms with van der Waals surface area (Å²) in [4.78, 5) is 26.4. The fourth-order valence-electron chi connectivity index (χ4n) is 2.55. The summed E-state index contributed by atoms with van der Waals surface area (Å²) in [6.07, 6.45) is 1.07. The van der Waals surface area contributed by atoms with Gasteiger partial charge in [-0.3, -0.25) is 14.5 Å². The Kier molecular flexibility index (Phi) is 5.20. The highest BCUT2D eigenvalue weighted by Gasteiger charge is 2.30. The molecule has 6 nitrogen and oxygen atoms in total. The van der Waals surface area contributed by atoms with Crippen LogP contribution < -0.4 is 0 Å². The van der Waals surface area contributed by atoms with Gasteiger partial charge in [-0.2, -0.15) is 0 Å². The molecular formula is C12H20N2O4S. The molecule has 0 spiro atoms. The third-order valence-electron chi connectivity index (χ3n) is 3.84. The molecule has 108 valence electrons. The minimum Gasteiger partial charge on any atom is -0.394 e. The van der Waals surface area contributed by atoms with Gasteiger partial charge in [-0.05, 0) is 31.8 Å². The van der Waals surface area contributed by atoms with Gasteiger partial charge in [0.15, 0.2) is 0 Å². The quantitative estimate of drug-likeness (QED) is 0.726. The Morgan fingerprint density at radius 3 is 2.47 bits per heavy atom. The fraction of sp³-hybridized carbons (Fsp3) is 0.833. The van der Waals surface area contributed by atoms with E-state index in [9.17, 15) is 14.7 Å². The van der Waals surface area contributed by atoms with E-state index in [0.717, 1.165) is 37.7 Å². The van der Waals surface area contributed by atoms with E-state index in [2.05, 4.69) is 4.90 Å². The van der Waals surface area contributed by atoms with Crippen molar-refractivity contribution < 1.29 is 19.8 Å². The van der Waals surface area contributed by atoms with Crippen LogP contribution in [-0.4, -0.2) is 75.8 Å². The van der Waals surface area contributed by atoms with Crippen LogP contribution in [0, 0.1) is 5.92 Å². The lowest BCUT2D eigenvalue weighted by Crippen LogP contribution is -2.43. The number of carbonyl (C=O) groups excluding carboxylic acids is 2. The minimum atomic E-state index is -0.625. The van der Waals surface area contributed by atoms with Gasteiger partial charge in [-0.25, -0.2) is 0 Å². The molecule has 0 aromatic heterocycles. The van der Waals surface area contributed by atoms with Crippen LogP contribution in [0.3, 0.4) is 0 Å². The number of aliphatic hydroxyl groups excluding tert-OH is 2. The molecular weight excluding hydrogens is 268 g/mol. The maximum atomic E-state index is 11.4. The summed E-state index contributed by atoms with van der Waals surface area (Å²) in [6.45, 7) is 2.65. The number of aliphatic hydroxyl groups is 2. The Labute approximate surface area is 116 Å². The maximum Gasteiger partial charge on any atom is 0.288 e. The van der Waals surface area contributed by atoms with Crippen LogP contribution in [0.4, 0.5) is 4.79 Å². The zero-order valence-corrected chi connectivity index (χ0v) is 11.6.